The molecular weight excluding hydrogens is 350 g/mol. The summed E-state index contributed by atoms with van der Waals surface area (Å²) in [5, 5.41) is 4.16. The van der Waals surface area contributed by atoms with Gasteiger partial charge in [-0.05, 0) is 38.3 Å². The zero-order valence-electron chi connectivity index (χ0n) is 16.6. The van der Waals surface area contributed by atoms with E-state index in [-0.39, 0.29) is 11.8 Å². The fourth-order valence-corrected chi connectivity index (χ4v) is 3.75. The zero-order valence-corrected chi connectivity index (χ0v) is 16.6. The van der Waals surface area contributed by atoms with Crippen molar-refractivity contribution in [1.82, 2.24) is 15.0 Å². The number of benzene rings is 2. The van der Waals surface area contributed by atoms with Crippen molar-refractivity contribution in [2.75, 3.05) is 13.1 Å². The summed E-state index contributed by atoms with van der Waals surface area (Å²) < 4.78 is 5.52. The van der Waals surface area contributed by atoms with Crippen molar-refractivity contribution in [3.05, 3.63) is 70.6 Å². The third-order valence-corrected chi connectivity index (χ3v) is 5.42. The van der Waals surface area contributed by atoms with Gasteiger partial charge in [-0.25, -0.2) is 0 Å². The molecule has 0 radical (unpaired) electrons. The van der Waals surface area contributed by atoms with Crippen LogP contribution in [0.4, 0.5) is 0 Å². The van der Waals surface area contributed by atoms with Gasteiger partial charge in [0.1, 0.15) is 0 Å². The lowest BCUT2D eigenvalue weighted by molar-refractivity contribution is -0.127. The van der Waals surface area contributed by atoms with Crippen molar-refractivity contribution in [1.29, 1.82) is 0 Å². The lowest BCUT2D eigenvalue weighted by atomic mass is 10.1. The van der Waals surface area contributed by atoms with Crippen LogP contribution < -0.4 is 0 Å². The van der Waals surface area contributed by atoms with Crippen LogP contribution >= 0.6 is 0 Å². The molecule has 1 saturated heterocycles. The minimum atomic E-state index is -0.0301. The SMILES string of the molecule is Cc1ccc(CCN2CC(c3nc(-c4ccc(C)cc4C)no3)CC2=O)cc1. The standard InChI is InChI=1S/C23H25N3O2/c1-15-4-7-18(8-5-15)10-11-26-14-19(13-21(26)27)23-24-22(25-28-23)20-9-6-16(2)12-17(20)3/h4-9,12,19H,10-11,13-14H2,1-3H3. The van der Waals surface area contributed by atoms with Crippen LogP contribution in [0, 0.1) is 20.8 Å². The van der Waals surface area contributed by atoms with E-state index in [1.54, 1.807) is 0 Å². The van der Waals surface area contributed by atoms with E-state index in [1.165, 1.54) is 16.7 Å². The smallest absolute Gasteiger partial charge is 0.232 e. The first kappa shape index (κ1) is 18.4. The zero-order chi connectivity index (χ0) is 19.7. The summed E-state index contributed by atoms with van der Waals surface area (Å²) >= 11 is 0. The number of aryl methyl sites for hydroxylation is 3. The molecule has 0 spiro atoms. The Hall–Kier alpha value is -2.95. The quantitative estimate of drug-likeness (QED) is 0.670. The van der Waals surface area contributed by atoms with Crippen LogP contribution in [0.2, 0.25) is 0 Å². The molecule has 0 aliphatic carbocycles. The summed E-state index contributed by atoms with van der Waals surface area (Å²) in [5.41, 5.74) is 5.79. The van der Waals surface area contributed by atoms with Gasteiger partial charge in [-0.15, -0.1) is 0 Å². The minimum Gasteiger partial charge on any atom is -0.342 e. The normalized spacial score (nSPS) is 16.8. The van der Waals surface area contributed by atoms with Gasteiger partial charge in [0.05, 0.1) is 5.92 Å². The average molecular weight is 375 g/mol. The summed E-state index contributed by atoms with van der Waals surface area (Å²) in [6.45, 7) is 7.54. The van der Waals surface area contributed by atoms with Gasteiger partial charge in [0, 0.05) is 25.1 Å². The van der Waals surface area contributed by atoms with E-state index in [2.05, 4.69) is 54.3 Å². The van der Waals surface area contributed by atoms with Crippen molar-refractivity contribution in [3.8, 4) is 11.4 Å². The van der Waals surface area contributed by atoms with Crippen LogP contribution in [0.3, 0.4) is 0 Å². The Balaban J connectivity index is 1.42. The minimum absolute atomic E-state index is 0.0301. The maximum absolute atomic E-state index is 12.4. The molecule has 5 heteroatoms. The fourth-order valence-electron chi connectivity index (χ4n) is 3.75. The van der Waals surface area contributed by atoms with Crippen LogP contribution in [-0.2, 0) is 11.2 Å². The monoisotopic (exact) mass is 375 g/mol. The van der Waals surface area contributed by atoms with Gasteiger partial charge in [0.2, 0.25) is 17.6 Å². The number of carbonyl (C=O) groups is 1. The third kappa shape index (κ3) is 3.84. The fraction of sp³-hybridized carbons (Fsp3) is 0.348. The molecule has 1 aliphatic heterocycles. The van der Waals surface area contributed by atoms with Gasteiger partial charge < -0.3 is 9.42 Å². The highest BCUT2D eigenvalue weighted by molar-refractivity contribution is 5.79. The first-order valence-corrected chi connectivity index (χ1v) is 9.74. The Labute approximate surface area is 165 Å². The second-order valence-electron chi connectivity index (χ2n) is 7.75. The molecule has 3 aromatic rings. The van der Waals surface area contributed by atoms with Crippen molar-refractivity contribution in [2.45, 2.75) is 39.5 Å². The Morgan fingerprint density at radius 1 is 1.07 bits per heavy atom. The molecule has 0 bridgehead atoms. The number of hydrogen-bond donors (Lipinski definition) is 0. The van der Waals surface area contributed by atoms with Crippen LogP contribution in [0.25, 0.3) is 11.4 Å². The highest BCUT2D eigenvalue weighted by Crippen LogP contribution is 2.29. The molecule has 1 atom stereocenters. The number of hydrogen-bond acceptors (Lipinski definition) is 4. The predicted molar refractivity (Wildman–Crippen MR) is 108 cm³/mol. The molecular formula is C23H25N3O2. The summed E-state index contributed by atoms with van der Waals surface area (Å²) in [4.78, 5) is 18.9. The third-order valence-electron chi connectivity index (χ3n) is 5.42. The molecule has 5 nitrogen and oxygen atoms in total. The molecule has 2 aromatic carbocycles. The Morgan fingerprint density at radius 3 is 2.57 bits per heavy atom. The van der Waals surface area contributed by atoms with Gasteiger partial charge in [-0.2, -0.15) is 4.98 Å². The van der Waals surface area contributed by atoms with Crippen LogP contribution in [-0.4, -0.2) is 34.0 Å². The Kier molecular flexibility index (Phi) is 4.99. The van der Waals surface area contributed by atoms with Gasteiger partial charge in [0.15, 0.2) is 0 Å². The Morgan fingerprint density at radius 2 is 1.82 bits per heavy atom. The number of carbonyl (C=O) groups excluding carboxylic acids is 1. The molecule has 1 aliphatic rings. The number of rotatable bonds is 5. The van der Waals surface area contributed by atoms with Gasteiger partial charge in [-0.3, -0.25) is 4.79 Å². The number of aromatic nitrogens is 2. The summed E-state index contributed by atoms with van der Waals surface area (Å²) in [5.74, 6) is 1.28. The lowest BCUT2D eigenvalue weighted by Crippen LogP contribution is -2.27. The average Bonchev–Trinajstić information content (AvgIpc) is 3.28. The van der Waals surface area contributed by atoms with E-state index in [9.17, 15) is 4.79 Å². The molecule has 1 fully saturated rings. The highest BCUT2D eigenvalue weighted by Gasteiger charge is 2.34. The Bertz CT molecular complexity index is 991. The molecule has 4 rings (SSSR count). The first-order valence-electron chi connectivity index (χ1n) is 9.74. The predicted octanol–water partition coefficient (Wildman–Crippen LogP) is 4.22. The lowest BCUT2D eigenvalue weighted by Gasteiger charge is -2.15. The van der Waals surface area contributed by atoms with E-state index in [1.807, 2.05) is 24.0 Å². The van der Waals surface area contributed by atoms with Crippen molar-refractivity contribution >= 4 is 5.91 Å². The molecule has 28 heavy (non-hydrogen) atoms. The maximum Gasteiger partial charge on any atom is 0.232 e. The number of nitrogens with zero attached hydrogens (tertiary/aromatic N) is 3. The molecule has 0 saturated carbocycles. The van der Waals surface area contributed by atoms with E-state index >= 15 is 0 Å². The first-order chi connectivity index (χ1) is 13.5. The van der Waals surface area contributed by atoms with E-state index in [4.69, 9.17) is 4.52 Å². The summed E-state index contributed by atoms with van der Waals surface area (Å²) in [6.07, 6.45) is 1.29. The van der Waals surface area contributed by atoms with Crippen LogP contribution in [0.1, 0.15) is 40.5 Å². The highest BCUT2D eigenvalue weighted by atomic mass is 16.5. The van der Waals surface area contributed by atoms with Crippen LogP contribution in [0.5, 0.6) is 0 Å². The van der Waals surface area contributed by atoms with E-state index in [0.29, 0.717) is 24.7 Å². The molecule has 0 N–H and O–H groups in total. The van der Waals surface area contributed by atoms with Crippen molar-refractivity contribution in [2.24, 2.45) is 0 Å². The number of likely N-dealkylation sites (tertiary alicyclic amines) is 1. The number of amides is 1. The second-order valence-corrected chi connectivity index (χ2v) is 7.75. The van der Waals surface area contributed by atoms with Gasteiger partial charge in [-0.1, -0.05) is 58.7 Å². The van der Waals surface area contributed by atoms with Crippen molar-refractivity contribution in [3.63, 3.8) is 0 Å². The van der Waals surface area contributed by atoms with Gasteiger partial charge in [0.25, 0.3) is 0 Å². The molecule has 1 amide bonds. The summed E-state index contributed by atoms with van der Waals surface area (Å²) in [6, 6.07) is 14.6. The van der Waals surface area contributed by atoms with Gasteiger partial charge >= 0.3 is 0 Å². The molecule has 1 unspecified atom stereocenters. The topological polar surface area (TPSA) is 59.2 Å². The molecule has 1 aromatic heterocycles. The van der Waals surface area contributed by atoms with Crippen molar-refractivity contribution < 1.29 is 9.32 Å². The molecule has 144 valence electrons. The largest absolute Gasteiger partial charge is 0.342 e. The molecule has 2 heterocycles. The second kappa shape index (κ2) is 7.58. The van der Waals surface area contributed by atoms with Crippen LogP contribution in [0.15, 0.2) is 47.0 Å². The summed E-state index contributed by atoms with van der Waals surface area (Å²) in [7, 11) is 0. The van der Waals surface area contributed by atoms with E-state index in [0.717, 1.165) is 24.1 Å². The maximum atomic E-state index is 12.4. The van der Waals surface area contributed by atoms with E-state index < -0.39 is 0 Å².